The van der Waals surface area contributed by atoms with Crippen LogP contribution in [-0.4, -0.2) is 20.9 Å². The number of anilines is 2. The summed E-state index contributed by atoms with van der Waals surface area (Å²) in [7, 11) is 0. The number of aromatic amines is 1. The van der Waals surface area contributed by atoms with Crippen LogP contribution in [0.3, 0.4) is 0 Å². The van der Waals surface area contributed by atoms with Gasteiger partial charge in [-0.05, 0) is 43.0 Å². The summed E-state index contributed by atoms with van der Waals surface area (Å²) < 4.78 is 0.895. The Morgan fingerprint density at radius 2 is 2.19 bits per heavy atom. The fraction of sp³-hybridized carbons (Fsp3) is 0.222. The van der Waals surface area contributed by atoms with E-state index < -0.39 is 0 Å². The van der Waals surface area contributed by atoms with Gasteiger partial charge in [0, 0.05) is 16.5 Å². The summed E-state index contributed by atoms with van der Waals surface area (Å²) in [6.07, 6.45) is 3.77. The number of nitrogens with zero attached hydrogens (tertiary/aromatic N) is 2. The predicted molar refractivity (Wildman–Crippen MR) is 108 cm³/mol. The minimum absolute atomic E-state index is 0.0671. The number of aromatic nitrogens is 3. The van der Waals surface area contributed by atoms with Gasteiger partial charge in [-0.15, -0.1) is 11.3 Å². The molecule has 0 spiro atoms. The fourth-order valence-corrected chi connectivity index (χ4v) is 5.65. The van der Waals surface area contributed by atoms with Crippen molar-refractivity contribution in [3.05, 3.63) is 44.6 Å². The Balaban J connectivity index is 1.57. The van der Waals surface area contributed by atoms with Gasteiger partial charge in [0.25, 0.3) is 0 Å². The van der Waals surface area contributed by atoms with Gasteiger partial charge in [0.15, 0.2) is 0 Å². The third kappa shape index (κ3) is 2.79. The summed E-state index contributed by atoms with van der Waals surface area (Å²) >= 11 is 2.79. The molecule has 0 saturated heterocycles. The standard InChI is InChI=1S/C18H15N5O2S2/c19-15(24)8-1-3-10-12(5-8)26-17-14(10)16(20-7-21-17)22-9-2-4-11-13(6-9)27-18(25)23-11/h2,4,6-8H,1,3,5H2,(H2,19,24)(H,23,25)(H,20,21,22). The zero-order chi connectivity index (χ0) is 18.5. The molecular weight excluding hydrogens is 382 g/mol. The molecule has 1 aromatic carbocycles. The van der Waals surface area contributed by atoms with Crippen LogP contribution in [0.5, 0.6) is 0 Å². The Kier molecular flexibility index (Phi) is 3.73. The molecule has 0 radical (unpaired) electrons. The normalized spacial score (nSPS) is 16.5. The Hall–Kier alpha value is -2.78. The van der Waals surface area contributed by atoms with Gasteiger partial charge < -0.3 is 16.0 Å². The molecule has 3 heterocycles. The van der Waals surface area contributed by atoms with E-state index in [4.69, 9.17) is 5.73 Å². The average molecular weight is 397 g/mol. The Labute approximate surface area is 161 Å². The summed E-state index contributed by atoms with van der Waals surface area (Å²) in [5.74, 6) is 0.410. The third-order valence-electron chi connectivity index (χ3n) is 4.93. The van der Waals surface area contributed by atoms with E-state index in [1.165, 1.54) is 21.8 Å². The van der Waals surface area contributed by atoms with Crippen LogP contribution in [0.1, 0.15) is 16.9 Å². The predicted octanol–water partition coefficient (Wildman–Crippen LogP) is 2.93. The Morgan fingerprint density at radius 1 is 1.30 bits per heavy atom. The van der Waals surface area contributed by atoms with Crippen molar-refractivity contribution in [2.45, 2.75) is 19.3 Å². The van der Waals surface area contributed by atoms with Crippen LogP contribution in [0.15, 0.2) is 29.3 Å². The highest BCUT2D eigenvalue weighted by atomic mass is 32.1. The summed E-state index contributed by atoms with van der Waals surface area (Å²) in [4.78, 5) is 36.8. The fourth-order valence-electron chi connectivity index (χ4n) is 3.61. The van der Waals surface area contributed by atoms with Crippen molar-refractivity contribution in [2.75, 3.05) is 5.32 Å². The van der Waals surface area contributed by atoms with E-state index in [9.17, 15) is 9.59 Å². The summed E-state index contributed by atoms with van der Waals surface area (Å²) in [5, 5.41) is 4.39. The van der Waals surface area contributed by atoms with Crippen LogP contribution in [0, 0.1) is 5.92 Å². The molecule has 0 fully saturated rings. The number of carbonyl (C=O) groups excluding carboxylic acids is 1. The molecule has 5 rings (SSSR count). The number of H-pyrrole nitrogens is 1. The molecule has 1 aliphatic rings. The van der Waals surface area contributed by atoms with Crippen LogP contribution in [0.25, 0.3) is 20.4 Å². The first-order chi connectivity index (χ1) is 13.1. The number of benzene rings is 1. The van der Waals surface area contributed by atoms with E-state index in [1.807, 2.05) is 18.2 Å². The number of primary amides is 1. The van der Waals surface area contributed by atoms with E-state index in [2.05, 4.69) is 20.3 Å². The number of thiazole rings is 1. The van der Waals surface area contributed by atoms with E-state index in [1.54, 1.807) is 17.7 Å². The number of hydrogen-bond donors (Lipinski definition) is 3. The Bertz CT molecular complexity index is 1260. The number of carbonyl (C=O) groups is 1. The largest absolute Gasteiger partial charge is 0.369 e. The maximum atomic E-state index is 11.6. The number of aryl methyl sites for hydroxylation is 1. The molecule has 9 heteroatoms. The van der Waals surface area contributed by atoms with Gasteiger partial charge in [-0.3, -0.25) is 9.59 Å². The highest BCUT2D eigenvalue weighted by Gasteiger charge is 2.27. The Morgan fingerprint density at radius 3 is 3.04 bits per heavy atom. The second-order valence-electron chi connectivity index (χ2n) is 6.60. The van der Waals surface area contributed by atoms with Crippen LogP contribution >= 0.6 is 22.7 Å². The van der Waals surface area contributed by atoms with Crippen LogP contribution < -0.4 is 15.9 Å². The first-order valence-electron chi connectivity index (χ1n) is 8.53. The highest BCUT2D eigenvalue weighted by Crippen LogP contribution is 2.40. The smallest absolute Gasteiger partial charge is 0.305 e. The van der Waals surface area contributed by atoms with Gasteiger partial charge >= 0.3 is 4.87 Å². The van der Waals surface area contributed by atoms with Crippen LogP contribution in [0.2, 0.25) is 0 Å². The van der Waals surface area contributed by atoms with E-state index in [-0.39, 0.29) is 16.7 Å². The van der Waals surface area contributed by atoms with Crippen molar-refractivity contribution in [3.63, 3.8) is 0 Å². The molecule has 4 N–H and O–H groups in total. The van der Waals surface area contributed by atoms with Crippen molar-refractivity contribution in [1.82, 2.24) is 15.0 Å². The summed E-state index contributed by atoms with van der Waals surface area (Å²) in [5.41, 5.74) is 8.40. The average Bonchev–Trinajstić information content (AvgIpc) is 3.20. The van der Waals surface area contributed by atoms with E-state index in [0.29, 0.717) is 6.42 Å². The zero-order valence-corrected chi connectivity index (χ0v) is 15.7. The lowest BCUT2D eigenvalue weighted by Crippen LogP contribution is -2.27. The molecule has 0 aliphatic heterocycles. The lowest BCUT2D eigenvalue weighted by atomic mass is 9.87. The minimum atomic E-state index is -0.235. The van der Waals surface area contributed by atoms with Gasteiger partial charge in [0.2, 0.25) is 5.91 Å². The number of nitrogens with two attached hydrogens (primary N) is 1. The molecule has 7 nitrogen and oxygen atoms in total. The maximum Gasteiger partial charge on any atom is 0.305 e. The third-order valence-corrected chi connectivity index (χ3v) is 6.94. The number of hydrogen-bond acceptors (Lipinski definition) is 7. The van der Waals surface area contributed by atoms with Crippen LogP contribution in [-0.2, 0) is 17.6 Å². The zero-order valence-electron chi connectivity index (χ0n) is 14.1. The number of thiophene rings is 1. The topological polar surface area (TPSA) is 114 Å². The molecule has 1 amide bonds. The molecule has 27 heavy (non-hydrogen) atoms. The van der Waals surface area contributed by atoms with Crippen LogP contribution in [0.4, 0.5) is 11.5 Å². The van der Waals surface area contributed by atoms with Crippen molar-refractivity contribution in [1.29, 1.82) is 0 Å². The number of amides is 1. The van der Waals surface area contributed by atoms with Crippen molar-refractivity contribution in [3.8, 4) is 0 Å². The molecule has 0 bridgehead atoms. The maximum absolute atomic E-state index is 11.6. The van der Waals surface area contributed by atoms with E-state index >= 15 is 0 Å². The quantitative estimate of drug-likeness (QED) is 0.492. The highest BCUT2D eigenvalue weighted by molar-refractivity contribution is 7.19. The molecule has 136 valence electrons. The van der Waals surface area contributed by atoms with Crippen molar-refractivity contribution >= 4 is 60.5 Å². The van der Waals surface area contributed by atoms with Gasteiger partial charge in [0.05, 0.1) is 15.6 Å². The molecular formula is C18H15N5O2S2. The second-order valence-corrected chi connectivity index (χ2v) is 8.70. The lowest BCUT2D eigenvalue weighted by Gasteiger charge is -2.19. The van der Waals surface area contributed by atoms with Crippen molar-refractivity contribution in [2.24, 2.45) is 11.7 Å². The van der Waals surface area contributed by atoms with Gasteiger partial charge in [-0.1, -0.05) is 11.3 Å². The molecule has 1 atom stereocenters. The first-order valence-corrected chi connectivity index (χ1v) is 10.2. The van der Waals surface area contributed by atoms with Gasteiger partial charge in [-0.25, -0.2) is 9.97 Å². The minimum Gasteiger partial charge on any atom is -0.369 e. The summed E-state index contributed by atoms with van der Waals surface area (Å²) in [6.45, 7) is 0. The second kappa shape index (κ2) is 6.14. The number of fused-ring (bicyclic) bond motifs is 4. The SMILES string of the molecule is NC(=O)C1CCc2c(sc3ncnc(Nc4ccc5[nH]c(=O)sc5c4)c23)C1. The number of rotatable bonds is 3. The van der Waals surface area contributed by atoms with E-state index in [0.717, 1.165) is 44.8 Å². The monoisotopic (exact) mass is 397 g/mol. The lowest BCUT2D eigenvalue weighted by molar-refractivity contribution is -0.122. The first kappa shape index (κ1) is 16.4. The molecule has 3 aromatic heterocycles. The molecule has 1 aliphatic carbocycles. The van der Waals surface area contributed by atoms with Gasteiger partial charge in [-0.2, -0.15) is 0 Å². The molecule has 0 saturated carbocycles. The molecule has 1 unspecified atom stereocenters. The van der Waals surface area contributed by atoms with Gasteiger partial charge in [0.1, 0.15) is 17.0 Å². The molecule has 4 aromatic rings. The summed E-state index contributed by atoms with van der Waals surface area (Å²) in [6, 6.07) is 5.74. The van der Waals surface area contributed by atoms with Crippen molar-refractivity contribution < 1.29 is 4.79 Å². The number of nitrogens with one attached hydrogen (secondary N) is 2.